The third-order valence-electron chi connectivity index (χ3n) is 3.90. The molecule has 0 N–H and O–H groups in total. The van der Waals surface area contributed by atoms with Crippen molar-refractivity contribution in [3.05, 3.63) is 70.1 Å². The zero-order chi connectivity index (χ0) is 20.3. The van der Waals surface area contributed by atoms with Crippen LogP contribution >= 0.6 is 11.8 Å². The van der Waals surface area contributed by atoms with E-state index in [1.807, 2.05) is 0 Å². The second kappa shape index (κ2) is 8.05. The normalized spacial score (nSPS) is 11.6. The summed E-state index contributed by atoms with van der Waals surface area (Å²) in [6.07, 6.45) is -4.40. The fraction of sp³-hybridized carbons (Fsp3) is 0.211. The second-order valence-corrected chi connectivity index (χ2v) is 7.00. The lowest BCUT2D eigenvalue weighted by Crippen LogP contribution is -2.24. The number of hydrogen-bond donors (Lipinski definition) is 0. The molecule has 3 rings (SSSR count). The molecule has 0 saturated heterocycles. The van der Waals surface area contributed by atoms with Crippen molar-refractivity contribution >= 4 is 28.5 Å². The quantitative estimate of drug-likeness (QED) is 0.364. The van der Waals surface area contributed by atoms with Gasteiger partial charge in [-0.25, -0.2) is 9.48 Å². The Morgan fingerprint density at radius 2 is 1.86 bits per heavy atom. The summed E-state index contributed by atoms with van der Waals surface area (Å²) >= 11 is 1.14. The molecule has 5 nitrogen and oxygen atoms in total. The standard InChI is InChI=1S/C19H15F3N2O3S/c1-24-17(25)15-8-3-2-7-14(15)16(23-24)18(26)27-9-10-28-13-6-4-5-12(11-13)19(20,21)22/h2-8,11H,9-10H2,1H3. The predicted molar refractivity (Wildman–Crippen MR) is 99.4 cm³/mol. The van der Waals surface area contributed by atoms with E-state index in [-0.39, 0.29) is 23.6 Å². The summed E-state index contributed by atoms with van der Waals surface area (Å²) < 4.78 is 44.4. The minimum atomic E-state index is -4.40. The number of benzene rings is 2. The fourth-order valence-electron chi connectivity index (χ4n) is 2.57. The van der Waals surface area contributed by atoms with E-state index in [1.165, 1.54) is 13.1 Å². The maximum absolute atomic E-state index is 12.7. The topological polar surface area (TPSA) is 61.2 Å². The van der Waals surface area contributed by atoms with Crippen molar-refractivity contribution < 1.29 is 22.7 Å². The Morgan fingerprint density at radius 1 is 1.14 bits per heavy atom. The van der Waals surface area contributed by atoms with Gasteiger partial charge in [0.05, 0.1) is 10.9 Å². The van der Waals surface area contributed by atoms with Crippen LogP contribution in [0.25, 0.3) is 10.8 Å². The van der Waals surface area contributed by atoms with Gasteiger partial charge in [0.25, 0.3) is 5.56 Å². The molecule has 28 heavy (non-hydrogen) atoms. The van der Waals surface area contributed by atoms with E-state index in [1.54, 1.807) is 30.3 Å². The van der Waals surface area contributed by atoms with E-state index in [2.05, 4.69) is 5.10 Å². The van der Waals surface area contributed by atoms with E-state index >= 15 is 0 Å². The molecule has 9 heteroatoms. The van der Waals surface area contributed by atoms with Crippen molar-refractivity contribution in [2.75, 3.05) is 12.4 Å². The number of aromatic nitrogens is 2. The number of halogens is 3. The lowest BCUT2D eigenvalue weighted by molar-refractivity contribution is -0.137. The lowest BCUT2D eigenvalue weighted by Gasteiger charge is -2.09. The molecule has 0 saturated carbocycles. The predicted octanol–water partition coefficient (Wildman–Crippen LogP) is 3.90. The van der Waals surface area contributed by atoms with Gasteiger partial charge in [0.1, 0.15) is 6.61 Å². The summed E-state index contributed by atoms with van der Waals surface area (Å²) in [4.78, 5) is 24.9. The van der Waals surface area contributed by atoms with E-state index < -0.39 is 17.7 Å². The molecule has 0 radical (unpaired) electrons. The monoisotopic (exact) mass is 408 g/mol. The van der Waals surface area contributed by atoms with Gasteiger partial charge >= 0.3 is 12.1 Å². The van der Waals surface area contributed by atoms with Crippen molar-refractivity contribution in [2.45, 2.75) is 11.1 Å². The fourth-order valence-corrected chi connectivity index (χ4v) is 3.36. The Hall–Kier alpha value is -2.81. The number of aryl methyl sites for hydroxylation is 1. The Labute approximate surface area is 162 Å². The zero-order valence-electron chi connectivity index (χ0n) is 14.7. The molecular formula is C19H15F3N2O3S. The number of alkyl halides is 3. The van der Waals surface area contributed by atoms with Crippen molar-refractivity contribution in [3.63, 3.8) is 0 Å². The number of hydrogen-bond acceptors (Lipinski definition) is 5. The molecule has 0 amide bonds. The molecular weight excluding hydrogens is 393 g/mol. The minimum absolute atomic E-state index is 0.0153. The summed E-state index contributed by atoms with van der Waals surface area (Å²) in [5.41, 5.74) is -1.04. The average Bonchev–Trinajstić information content (AvgIpc) is 2.67. The third-order valence-corrected chi connectivity index (χ3v) is 4.85. The van der Waals surface area contributed by atoms with Gasteiger partial charge in [-0.1, -0.05) is 24.3 Å². The van der Waals surface area contributed by atoms with Gasteiger partial charge in [0, 0.05) is 23.1 Å². The number of thioether (sulfide) groups is 1. The second-order valence-electron chi connectivity index (χ2n) is 5.83. The Morgan fingerprint density at radius 3 is 2.57 bits per heavy atom. The molecule has 3 aromatic rings. The number of esters is 1. The van der Waals surface area contributed by atoms with Crippen molar-refractivity contribution in [1.82, 2.24) is 9.78 Å². The number of nitrogens with zero attached hydrogens (tertiary/aromatic N) is 2. The summed E-state index contributed by atoms with van der Waals surface area (Å²) in [5.74, 6) is -0.423. The highest BCUT2D eigenvalue weighted by molar-refractivity contribution is 7.99. The van der Waals surface area contributed by atoms with E-state index in [9.17, 15) is 22.8 Å². The van der Waals surface area contributed by atoms with E-state index in [4.69, 9.17) is 4.74 Å². The molecule has 1 heterocycles. The summed E-state index contributed by atoms with van der Waals surface area (Å²) in [6, 6.07) is 11.5. The molecule has 0 bridgehead atoms. The molecule has 2 aromatic carbocycles. The number of fused-ring (bicyclic) bond motifs is 1. The van der Waals surface area contributed by atoms with Crippen molar-refractivity contribution in [2.24, 2.45) is 7.05 Å². The molecule has 0 aliphatic carbocycles. The summed E-state index contributed by atoms with van der Waals surface area (Å²) in [7, 11) is 1.44. The van der Waals surface area contributed by atoms with Gasteiger partial charge in [-0.2, -0.15) is 18.3 Å². The molecule has 0 aliphatic heterocycles. The number of carbonyl (C=O) groups excluding carboxylic acids is 1. The van der Waals surface area contributed by atoms with Gasteiger partial charge in [0.15, 0.2) is 5.69 Å². The highest BCUT2D eigenvalue weighted by Gasteiger charge is 2.30. The Kier molecular flexibility index (Phi) is 5.73. The zero-order valence-corrected chi connectivity index (χ0v) is 15.5. The summed E-state index contributed by atoms with van der Waals surface area (Å²) in [5, 5.41) is 4.72. The van der Waals surface area contributed by atoms with Crippen LogP contribution in [0.1, 0.15) is 16.1 Å². The smallest absolute Gasteiger partial charge is 0.416 e. The molecule has 0 fully saturated rings. The minimum Gasteiger partial charge on any atom is -0.460 e. The largest absolute Gasteiger partial charge is 0.460 e. The maximum atomic E-state index is 12.7. The van der Waals surface area contributed by atoms with Crippen molar-refractivity contribution in [3.8, 4) is 0 Å². The van der Waals surface area contributed by atoms with Crippen LogP contribution in [0.5, 0.6) is 0 Å². The highest BCUT2D eigenvalue weighted by Crippen LogP contribution is 2.31. The van der Waals surface area contributed by atoms with Gasteiger partial charge < -0.3 is 4.74 Å². The molecule has 146 valence electrons. The highest BCUT2D eigenvalue weighted by atomic mass is 32.2. The van der Waals surface area contributed by atoms with Gasteiger partial charge in [-0.05, 0) is 24.3 Å². The number of rotatable bonds is 5. The molecule has 0 aliphatic rings. The number of ether oxygens (including phenoxy) is 1. The maximum Gasteiger partial charge on any atom is 0.416 e. The Bertz CT molecular complexity index is 1080. The van der Waals surface area contributed by atoms with Crippen LogP contribution < -0.4 is 5.56 Å². The van der Waals surface area contributed by atoms with E-state index in [0.29, 0.717) is 15.7 Å². The van der Waals surface area contributed by atoms with Crippen LogP contribution in [0.15, 0.2) is 58.2 Å². The van der Waals surface area contributed by atoms with Crippen LogP contribution in [0.2, 0.25) is 0 Å². The number of carbonyl (C=O) groups is 1. The summed E-state index contributed by atoms with van der Waals surface area (Å²) in [6.45, 7) is -0.0153. The van der Waals surface area contributed by atoms with Gasteiger partial charge in [-0.3, -0.25) is 4.79 Å². The van der Waals surface area contributed by atoms with Crippen LogP contribution in [-0.2, 0) is 18.0 Å². The van der Waals surface area contributed by atoms with E-state index in [0.717, 1.165) is 28.6 Å². The molecule has 1 aromatic heterocycles. The average molecular weight is 408 g/mol. The lowest BCUT2D eigenvalue weighted by atomic mass is 10.1. The molecule has 0 spiro atoms. The first-order valence-corrected chi connectivity index (χ1v) is 9.19. The third kappa shape index (κ3) is 4.36. The van der Waals surface area contributed by atoms with Crippen LogP contribution in [0.3, 0.4) is 0 Å². The first kappa shape index (κ1) is 19.9. The van der Waals surface area contributed by atoms with Crippen LogP contribution in [-0.4, -0.2) is 28.1 Å². The first-order valence-electron chi connectivity index (χ1n) is 8.20. The molecule has 0 unspecified atom stereocenters. The SMILES string of the molecule is Cn1nc(C(=O)OCCSc2cccc(C(F)(F)F)c2)c2ccccc2c1=O. The van der Waals surface area contributed by atoms with Crippen molar-refractivity contribution in [1.29, 1.82) is 0 Å². The van der Waals surface area contributed by atoms with Crippen LogP contribution in [0, 0.1) is 0 Å². The van der Waals surface area contributed by atoms with Gasteiger partial charge in [-0.15, -0.1) is 11.8 Å². The van der Waals surface area contributed by atoms with Crippen LogP contribution in [0.4, 0.5) is 13.2 Å². The molecule has 0 atom stereocenters. The first-order chi connectivity index (χ1) is 13.3. The van der Waals surface area contributed by atoms with Gasteiger partial charge in [0.2, 0.25) is 0 Å². The Balaban J connectivity index is 1.65.